The standard InChI is InChI=1S/C14H22N2O2/c1-4-5-10-16-12(18)14(8-6-7-9-14)15-11(17)13(16,2)3/h4-5H,6-10H2,1-3H3,(H,15,17)/b5-4+. The van der Waals surface area contributed by atoms with Gasteiger partial charge in [0.25, 0.3) is 0 Å². The summed E-state index contributed by atoms with van der Waals surface area (Å²) in [6, 6.07) is 0. The first-order valence-electron chi connectivity index (χ1n) is 6.70. The van der Waals surface area contributed by atoms with Crippen LogP contribution in [0, 0.1) is 0 Å². The van der Waals surface area contributed by atoms with Crippen LogP contribution in [-0.4, -0.2) is 34.3 Å². The Labute approximate surface area is 108 Å². The fourth-order valence-electron chi connectivity index (χ4n) is 2.90. The first-order chi connectivity index (χ1) is 8.44. The summed E-state index contributed by atoms with van der Waals surface area (Å²) >= 11 is 0. The molecule has 2 fully saturated rings. The molecule has 0 radical (unpaired) electrons. The highest BCUT2D eigenvalue weighted by Gasteiger charge is 2.54. The average molecular weight is 250 g/mol. The molecule has 1 aliphatic carbocycles. The van der Waals surface area contributed by atoms with Crippen LogP contribution in [0.3, 0.4) is 0 Å². The van der Waals surface area contributed by atoms with E-state index in [2.05, 4.69) is 5.32 Å². The van der Waals surface area contributed by atoms with E-state index >= 15 is 0 Å². The summed E-state index contributed by atoms with van der Waals surface area (Å²) in [5.74, 6) is 0.0520. The molecule has 0 aromatic heterocycles. The minimum Gasteiger partial charge on any atom is -0.340 e. The first kappa shape index (κ1) is 13.1. The van der Waals surface area contributed by atoms with Crippen molar-refractivity contribution in [2.75, 3.05) is 6.54 Å². The molecule has 4 nitrogen and oxygen atoms in total. The SMILES string of the molecule is C/C=C/CN1C(=O)C2(CCCC2)NC(=O)C1(C)C. The Morgan fingerprint density at radius 3 is 2.44 bits per heavy atom. The number of hydrogen-bond acceptors (Lipinski definition) is 2. The molecule has 1 spiro atoms. The topological polar surface area (TPSA) is 49.4 Å². The molecule has 0 aromatic rings. The van der Waals surface area contributed by atoms with Crippen molar-refractivity contribution in [2.24, 2.45) is 0 Å². The van der Waals surface area contributed by atoms with Gasteiger partial charge in [0, 0.05) is 6.54 Å². The van der Waals surface area contributed by atoms with Crippen LogP contribution in [0.15, 0.2) is 12.2 Å². The van der Waals surface area contributed by atoms with Crippen LogP contribution in [-0.2, 0) is 9.59 Å². The quantitative estimate of drug-likeness (QED) is 0.757. The number of allylic oxidation sites excluding steroid dienone is 1. The van der Waals surface area contributed by atoms with Crippen LogP contribution in [0.4, 0.5) is 0 Å². The van der Waals surface area contributed by atoms with E-state index in [0.29, 0.717) is 6.54 Å². The minimum atomic E-state index is -0.759. The molecule has 1 heterocycles. The summed E-state index contributed by atoms with van der Waals surface area (Å²) in [6.07, 6.45) is 7.44. The van der Waals surface area contributed by atoms with Gasteiger partial charge in [-0.25, -0.2) is 0 Å². The van der Waals surface area contributed by atoms with E-state index in [-0.39, 0.29) is 11.8 Å². The first-order valence-corrected chi connectivity index (χ1v) is 6.70. The van der Waals surface area contributed by atoms with E-state index in [1.807, 2.05) is 32.9 Å². The van der Waals surface area contributed by atoms with Crippen molar-refractivity contribution in [3.05, 3.63) is 12.2 Å². The second kappa shape index (κ2) is 4.41. The number of piperazine rings is 1. The third-order valence-electron chi connectivity index (χ3n) is 4.22. The van der Waals surface area contributed by atoms with Crippen molar-refractivity contribution in [3.8, 4) is 0 Å². The Hall–Kier alpha value is -1.32. The Morgan fingerprint density at radius 2 is 1.89 bits per heavy atom. The molecule has 0 unspecified atom stereocenters. The molecule has 1 saturated heterocycles. The van der Waals surface area contributed by atoms with Crippen LogP contribution in [0.1, 0.15) is 46.5 Å². The summed E-state index contributed by atoms with van der Waals surface area (Å²) in [4.78, 5) is 26.7. The number of nitrogens with one attached hydrogen (secondary N) is 1. The molecule has 4 heteroatoms. The van der Waals surface area contributed by atoms with E-state index < -0.39 is 11.1 Å². The van der Waals surface area contributed by atoms with Gasteiger partial charge in [0.2, 0.25) is 11.8 Å². The number of amides is 2. The number of carbonyl (C=O) groups is 2. The third-order valence-corrected chi connectivity index (χ3v) is 4.22. The van der Waals surface area contributed by atoms with Crippen molar-refractivity contribution in [1.82, 2.24) is 10.2 Å². The van der Waals surface area contributed by atoms with Gasteiger partial charge >= 0.3 is 0 Å². The summed E-state index contributed by atoms with van der Waals surface area (Å²) in [7, 11) is 0. The van der Waals surface area contributed by atoms with E-state index in [9.17, 15) is 9.59 Å². The van der Waals surface area contributed by atoms with Crippen molar-refractivity contribution in [3.63, 3.8) is 0 Å². The molecule has 2 aliphatic rings. The predicted molar refractivity (Wildman–Crippen MR) is 69.9 cm³/mol. The lowest BCUT2D eigenvalue weighted by molar-refractivity contribution is -0.160. The molecule has 1 aliphatic heterocycles. The maximum Gasteiger partial charge on any atom is 0.249 e. The van der Waals surface area contributed by atoms with Crippen LogP contribution < -0.4 is 5.32 Å². The maximum absolute atomic E-state index is 12.7. The van der Waals surface area contributed by atoms with Gasteiger partial charge in [-0.2, -0.15) is 0 Å². The fraction of sp³-hybridized carbons (Fsp3) is 0.714. The lowest BCUT2D eigenvalue weighted by Gasteiger charge is -2.48. The molecule has 18 heavy (non-hydrogen) atoms. The molecule has 0 bridgehead atoms. The van der Waals surface area contributed by atoms with Crippen molar-refractivity contribution in [1.29, 1.82) is 0 Å². The third kappa shape index (κ3) is 1.84. The highest BCUT2D eigenvalue weighted by atomic mass is 16.2. The van der Waals surface area contributed by atoms with E-state index in [4.69, 9.17) is 0 Å². The lowest BCUT2D eigenvalue weighted by Crippen LogP contribution is -2.73. The maximum atomic E-state index is 12.7. The van der Waals surface area contributed by atoms with Gasteiger partial charge in [0.05, 0.1) is 0 Å². The number of hydrogen-bond donors (Lipinski definition) is 1. The highest BCUT2D eigenvalue weighted by Crippen LogP contribution is 2.37. The number of carbonyl (C=O) groups excluding carboxylic acids is 2. The number of nitrogens with zero attached hydrogens (tertiary/aromatic N) is 1. The molecule has 0 atom stereocenters. The van der Waals surface area contributed by atoms with Crippen LogP contribution in [0.5, 0.6) is 0 Å². The summed E-state index contributed by atoms with van der Waals surface area (Å²) in [6.45, 7) is 6.06. The van der Waals surface area contributed by atoms with Gasteiger partial charge in [-0.3, -0.25) is 9.59 Å². The van der Waals surface area contributed by atoms with Gasteiger partial charge in [0.15, 0.2) is 0 Å². The van der Waals surface area contributed by atoms with E-state index in [0.717, 1.165) is 25.7 Å². The van der Waals surface area contributed by atoms with Crippen LogP contribution >= 0.6 is 0 Å². The molecular formula is C14H22N2O2. The molecule has 100 valence electrons. The van der Waals surface area contributed by atoms with Crippen molar-refractivity contribution >= 4 is 11.8 Å². The smallest absolute Gasteiger partial charge is 0.249 e. The lowest BCUT2D eigenvalue weighted by atomic mass is 9.86. The van der Waals surface area contributed by atoms with Crippen LogP contribution in [0.25, 0.3) is 0 Å². The van der Waals surface area contributed by atoms with E-state index in [1.165, 1.54) is 0 Å². The second-order valence-corrected chi connectivity index (χ2v) is 5.79. The second-order valence-electron chi connectivity index (χ2n) is 5.79. The van der Waals surface area contributed by atoms with Gasteiger partial charge in [-0.1, -0.05) is 25.0 Å². The molecule has 1 N–H and O–H groups in total. The monoisotopic (exact) mass is 250 g/mol. The predicted octanol–water partition coefficient (Wildman–Crippen LogP) is 1.61. The van der Waals surface area contributed by atoms with Crippen LogP contribution in [0.2, 0.25) is 0 Å². The average Bonchev–Trinajstić information content (AvgIpc) is 2.77. The van der Waals surface area contributed by atoms with Gasteiger partial charge < -0.3 is 10.2 Å². The molecule has 2 amide bonds. The largest absolute Gasteiger partial charge is 0.340 e. The fourth-order valence-corrected chi connectivity index (χ4v) is 2.90. The summed E-state index contributed by atoms with van der Waals surface area (Å²) < 4.78 is 0. The number of rotatable bonds is 2. The Balaban J connectivity index is 2.32. The normalized spacial score (nSPS) is 26.1. The van der Waals surface area contributed by atoms with Crippen molar-refractivity contribution in [2.45, 2.75) is 57.5 Å². The van der Waals surface area contributed by atoms with Crippen molar-refractivity contribution < 1.29 is 9.59 Å². The Morgan fingerprint density at radius 1 is 1.28 bits per heavy atom. The highest BCUT2D eigenvalue weighted by molar-refractivity contribution is 6.02. The minimum absolute atomic E-state index is 0.0338. The van der Waals surface area contributed by atoms with Gasteiger partial charge in [-0.15, -0.1) is 0 Å². The Bertz CT molecular complexity index is 393. The summed E-state index contributed by atoms with van der Waals surface area (Å²) in [5, 5.41) is 2.98. The molecule has 1 saturated carbocycles. The molecule has 0 aromatic carbocycles. The summed E-state index contributed by atoms with van der Waals surface area (Å²) in [5.41, 5.74) is -1.38. The Kier molecular flexibility index (Phi) is 3.21. The zero-order chi connectivity index (χ0) is 13.4. The van der Waals surface area contributed by atoms with Gasteiger partial charge in [0.1, 0.15) is 11.1 Å². The van der Waals surface area contributed by atoms with E-state index in [1.54, 1.807) is 4.90 Å². The van der Waals surface area contributed by atoms with Gasteiger partial charge in [-0.05, 0) is 33.6 Å². The zero-order valence-corrected chi connectivity index (χ0v) is 11.5. The zero-order valence-electron chi connectivity index (χ0n) is 11.5. The molecular weight excluding hydrogens is 228 g/mol. The molecule has 2 rings (SSSR count).